The SMILES string of the molecule is COc1c(Nc2c(C)c(=O)c2=O)cccc1C(=O)N(C)C. The summed E-state index contributed by atoms with van der Waals surface area (Å²) < 4.78 is 5.29. The van der Waals surface area contributed by atoms with Gasteiger partial charge in [-0.2, -0.15) is 0 Å². The highest BCUT2D eigenvalue weighted by molar-refractivity contribution is 5.99. The Morgan fingerprint density at radius 3 is 2.38 bits per heavy atom. The Kier molecular flexibility index (Phi) is 3.80. The summed E-state index contributed by atoms with van der Waals surface area (Å²) >= 11 is 0. The Hall–Kier alpha value is -2.63. The van der Waals surface area contributed by atoms with E-state index in [1.807, 2.05) is 0 Å². The highest BCUT2D eigenvalue weighted by atomic mass is 16.5. The van der Waals surface area contributed by atoms with Crippen molar-refractivity contribution >= 4 is 17.3 Å². The van der Waals surface area contributed by atoms with Crippen LogP contribution in [0.3, 0.4) is 0 Å². The van der Waals surface area contributed by atoms with Crippen LogP contribution in [0.25, 0.3) is 0 Å². The van der Waals surface area contributed by atoms with E-state index in [-0.39, 0.29) is 11.6 Å². The molecule has 110 valence electrons. The number of rotatable bonds is 4. The van der Waals surface area contributed by atoms with Crippen molar-refractivity contribution in [3.63, 3.8) is 0 Å². The molecule has 0 saturated carbocycles. The Morgan fingerprint density at radius 1 is 1.19 bits per heavy atom. The predicted molar refractivity (Wildman–Crippen MR) is 80.4 cm³/mol. The molecule has 0 saturated heterocycles. The maximum atomic E-state index is 12.1. The van der Waals surface area contributed by atoms with Crippen LogP contribution in [-0.2, 0) is 0 Å². The number of hydrogen-bond donors (Lipinski definition) is 1. The molecule has 0 atom stereocenters. The summed E-state index contributed by atoms with van der Waals surface area (Å²) in [7, 11) is 4.73. The third-order valence-corrected chi connectivity index (χ3v) is 3.26. The van der Waals surface area contributed by atoms with Gasteiger partial charge in [0.25, 0.3) is 5.91 Å². The molecule has 6 nitrogen and oxygen atoms in total. The van der Waals surface area contributed by atoms with Crippen molar-refractivity contribution in [3.05, 3.63) is 49.8 Å². The fourth-order valence-electron chi connectivity index (χ4n) is 2.06. The summed E-state index contributed by atoms with van der Waals surface area (Å²) in [6.45, 7) is 1.58. The maximum absolute atomic E-state index is 12.1. The molecule has 1 amide bonds. The number of nitrogens with one attached hydrogen (secondary N) is 1. The molecule has 0 radical (unpaired) electrons. The van der Waals surface area contributed by atoms with E-state index in [4.69, 9.17) is 4.74 Å². The largest absolute Gasteiger partial charge is 0.494 e. The van der Waals surface area contributed by atoms with Crippen LogP contribution in [0.15, 0.2) is 27.8 Å². The van der Waals surface area contributed by atoms with Gasteiger partial charge >= 0.3 is 0 Å². The van der Waals surface area contributed by atoms with Crippen molar-refractivity contribution in [1.29, 1.82) is 0 Å². The van der Waals surface area contributed by atoms with Gasteiger partial charge in [0.2, 0.25) is 10.9 Å². The molecular formula is C15H16N2O4. The average molecular weight is 288 g/mol. The van der Waals surface area contributed by atoms with Gasteiger partial charge in [0.1, 0.15) is 0 Å². The molecule has 0 bridgehead atoms. The normalized spacial score (nSPS) is 10.5. The van der Waals surface area contributed by atoms with Crippen molar-refractivity contribution in [2.75, 3.05) is 26.5 Å². The van der Waals surface area contributed by atoms with Crippen molar-refractivity contribution in [2.24, 2.45) is 0 Å². The number of hydrogen-bond acceptors (Lipinski definition) is 5. The third kappa shape index (κ3) is 2.40. The molecule has 0 aliphatic rings. The van der Waals surface area contributed by atoms with Gasteiger partial charge in [-0.15, -0.1) is 0 Å². The van der Waals surface area contributed by atoms with Gasteiger partial charge in [-0.3, -0.25) is 14.4 Å². The summed E-state index contributed by atoms with van der Waals surface area (Å²) in [6.07, 6.45) is 0. The molecule has 0 unspecified atom stereocenters. The quantitative estimate of drug-likeness (QED) is 0.851. The molecule has 2 rings (SSSR count). The van der Waals surface area contributed by atoms with Crippen LogP contribution < -0.4 is 20.9 Å². The predicted octanol–water partition coefficient (Wildman–Crippen LogP) is 1.05. The van der Waals surface area contributed by atoms with Crippen LogP contribution >= 0.6 is 0 Å². The summed E-state index contributed by atoms with van der Waals surface area (Å²) in [5.41, 5.74) is 0.430. The van der Waals surface area contributed by atoms with Gasteiger partial charge in [0.15, 0.2) is 5.75 Å². The zero-order valence-corrected chi connectivity index (χ0v) is 12.3. The first-order valence-corrected chi connectivity index (χ1v) is 6.34. The van der Waals surface area contributed by atoms with E-state index < -0.39 is 10.9 Å². The third-order valence-electron chi connectivity index (χ3n) is 3.26. The highest BCUT2D eigenvalue weighted by Crippen LogP contribution is 2.31. The van der Waals surface area contributed by atoms with E-state index in [0.29, 0.717) is 22.6 Å². The lowest BCUT2D eigenvalue weighted by atomic mass is 10.1. The minimum absolute atomic E-state index is 0.211. The van der Waals surface area contributed by atoms with Crippen LogP contribution in [-0.4, -0.2) is 32.0 Å². The number of anilines is 2. The first-order valence-electron chi connectivity index (χ1n) is 6.34. The van der Waals surface area contributed by atoms with Crippen molar-refractivity contribution in [3.8, 4) is 5.75 Å². The zero-order chi connectivity index (χ0) is 15.7. The van der Waals surface area contributed by atoms with Gasteiger partial charge in [-0.05, 0) is 19.1 Å². The molecule has 2 aromatic carbocycles. The second kappa shape index (κ2) is 5.40. The highest BCUT2D eigenvalue weighted by Gasteiger charge is 2.21. The average Bonchev–Trinajstić information content (AvgIpc) is 2.50. The second-order valence-corrected chi connectivity index (χ2v) is 4.87. The topological polar surface area (TPSA) is 75.7 Å². The van der Waals surface area contributed by atoms with E-state index in [2.05, 4.69) is 5.32 Å². The van der Waals surface area contributed by atoms with Crippen LogP contribution in [0.1, 0.15) is 15.9 Å². The Bertz CT molecular complexity index is 770. The smallest absolute Gasteiger partial charge is 0.257 e. The van der Waals surface area contributed by atoms with E-state index in [1.165, 1.54) is 12.0 Å². The molecular weight excluding hydrogens is 272 g/mol. The Balaban J connectivity index is 2.46. The van der Waals surface area contributed by atoms with E-state index in [9.17, 15) is 14.4 Å². The van der Waals surface area contributed by atoms with E-state index >= 15 is 0 Å². The van der Waals surface area contributed by atoms with Crippen LogP contribution in [0, 0.1) is 6.92 Å². The lowest BCUT2D eigenvalue weighted by molar-refractivity contribution is 0.0824. The van der Waals surface area contributed by atoms with Crippen LogP contribution in [0.2, 0.25) is 0 Å². The molecule has 21 heavy (non-hydrogen) atoms. The van der Waals surface area contributed by atoms with E-state index in [1.54, 1.807) is 39.2 Å². The number of carbonyl (C=O) groups is 1. The first-order chi connectivity index (χ1) is 9.88. The summed E-state index contributed by atoms with van der Waals surface area (Å²) in [5, 5.41) is 2.88. The van der Waals surface area contributed by atoms with Gasteiger partial charge in [0, 0.05) is 19.7 Å². The van der Waals surface area contributed by atoms with Gasteiger partial charge in [-0.25, -0.2) is 0 Å². The molecule has 0 fully saturated rings. The Labute approximate surface area is 121 Å². The number of para-hydroxylation sites is 1. The molecule has 2 aromatic rings. The number of nitrogens with zero attached hydrogens (tertiary/aromatic N) is 1. The Morgan fingerprint density at radius 2 is 1.86 bits per heavy atom. The molecule has 0 aliphatic heterocycles. The number of carbonyl (C=O) groups excluding carboxylic acids is 1. The molecule has 1 N–H and O–H groups in total. The zero-order valence-electron chi connectivity index (χ0n) is 12.3. The fourth-order valence-corrected chi connectivity index (χ4v) is 2.06. The summed E-state index contributed by atoms with van der Waals surface area (Å²) in [6, 6.07) is 5.01. The maximum Gasteiger partial charge on any atom is 0.257 e. The van der Waals surface area contributed by atoms with Crippen LogP contribution in [0.5, 0.6) is 5.75 Å². The lowest BCUT2D eigenvalue weighted by Gasteiger charge is -2.18. The number of amides is 1. The molecule has 0 aliphatic carbocycles. The molecule has 0 heterocycles. The summed E-state index contributed by atoms with van der Waals surface area (Å²) in [5.74, 6) is 0.126. The standard InChI is InChI=1S/C15H16N2O4/c1-8-11(13(19)12(8)18)16-10-7-5-6-9(14(10)21-4)15(20)17(2)3/h5-7,16H,1-4H3. The monoisotopic (exact) mass is 288 g/mol. The van der Waals surface area contributed by atoms with Crippen molar-refractivity contribution in [1.82, 2.24) is 4.90 Å². The van der Waals surface area contributed by atoms with Crippen molar-refractivity contribution in [2.45, 2.75) is 6.92 Å². The molecule has 0 aromatic heterocycles. The number of ether oxygens (including phenoxy) is 1. The fraction of sp³-hybridized carbons (Fsp3) is 0.267. The minimum Gasteiger partial charge on any atom is -0.494 e. The minimum atomic E-state index is -0.557. The number of methoxy groups -OCH3 is 1. The number of benzene rings is 1. The second-order valence-electron chi connectivity index (χ2n) is 4.87. The van der Waals surface area contributed by atoms with Gasteiger partial charge in [-0.1, -0.05) is 6.07 Å². The summed E-state index contributed by atoms with van der Waals surface area (Å²) in [4.78, 5) is 36.3. The van der Waals surface area contributed by atoms with Crippen molar-refractivity contribution < 1.29 is 9.53 Å². The molecule has 0 spiro atoms. The van der Waals surface area contributed by atoms with Crippen LogP contribution in [0.4, 0.5) is 11.4 Å². The molecule has 6 heteroatoms. The first kappa shape index (κ1) is 14.8. The lowest BCUT2D eigenvalue weighted by Crippen LogP contribution is -2.36. The van der Waals surface area contributed by atoms with E-state index in [0.717, 1.165) is 0 Å². The van der Waals surface area contributed by atoms with Gasteiger partial charge < -0.3 is 15.0 Å². The van der Waals surface area contributed by atoms with Gasteiger partial charge in [0.05, 0.1) is 24.0 Å².